The first-order valence-corrected chi connectivity index (χ1v) is 11.1. The van der Waals surface area contributed by atoms with Crippen molar-refractivity contribution >= 4 is 46.6 Å². The standard InChI is InChI=1S/C23H27Cl3N2O3/c1-5-19(22(30)27-23(2,3)4)28(13-15-10-11-16(24)12-18(15)26)21(29)14-31-20-9-7-6-8-17(20)25/h6-12,19H,5,13-14H2,1-4H3,(H,27,30). The summed E-state index contributed by atoms with van der Waals surface area (Å²) in [7, 11) is 0. The molecule has 1 atom stereocenters. The van der Waals surface area contributed by atoms with Crippen molar-refractivity contribution in [1.29, 1.82) is 0 Å². The lowest BCUT2D eigenvalue weighted by atomic mass is 10.1. The molecule has 0 saturated heterocycles. The summed E-state index contributed by atoms with van der Waals surface area (Å²) in [5.41, 5.74) is 0.241. The predicted molar refractivity (Wildman–Crippen MR) is 126 cm³/mol. The highest BCUT2D eigenvalue weighted by atomic mass is 35.5. The van der Waals surface area contributed by atoms with Crippen molar-refractivity contribution in [2.45, 2.75) is 52.2 Å². The SMILES string of the molecule is CCC(C(=O)NC(C)(C)C)N(Cc1ccc(Cl)cc1Cl)C(=O)COc1ccccc1Cl. The Morgan fingerprint density at radius 3 is 2.32 bits per heavy atom. The number of amides is 2. The molecule has 2 rings (SSSR count). The van der Waals surface area contributed by atoms with Gasteiger partial charge in [-0.1, -0.05) is 59.9 Å². The van der Waals surface area contributed by atoms with E-state index in [-0.39, 0.29) is 25.0 Å². The number of halogens is 3. The molecule has 2 aromatic carbocycles. The van der Waals surface area contributed by atoms with E-state index in [1.807, 2.05) is 27.7 Å². The molecule has 2 amide bonds. The van der Waals surface area contributed by atoms with Crippen LogP contribution in [0.4, 0.5) is 0 Å². The van der Waals surface area contributed by atoms with Gasteiger partial charge >= 0.3 is 0 Å². The van der Waals surface area contributed by atoms with Crippen molar-refractivity contribution in [3.8, 4) is 5.75 Å². The quantitative estimate of drug-likeness (QED) is 0.518. The third-order valence-electron chi connectivity index (χ3n) is 4.43. The minimum absolute atomic E-state index is 0.136. The van der Waals surface area contributed by atoms with E-state index in [0.717, 1.165) is 0 Å². The summed E-state index contributed by atoms with van der Waals surface area (Å²) in [4.78, 5) is 27.6. The molecule has 168 valence electrons. The van der Waals surface area contributed by atoms with Gasteiger partial charge in [0.1, 0.15) is 11.8 Å². The Bertz CT molecular complexity index is 929. The van der Waals surface area contributed by atoms with E-state index in [1.165, 1.54) is 4.90 Å². The second-order valence-electron chi connectivity index (χ2n) is 8.14. The lowest BCUT2D eigenvalue weighted by Gasteiger charge is -2.33. The molecule has 0 heterocycles. The van der Waals surface area contributed by atoms with Gasteiger partial charge in [-0.2, -0.15) is 0 Å². The number of carbonyl (C=O) groups excluding carboxylic acids is 2. The van der Waals surface area contributed by atoms with Gasteiger partial charge in [0, 0.05) is 22.1 Å². The average molecular weight is 486 g/mol. The highest BCUT2D eigenvalue weighted by Crippen LogP contribution is 2.25. The molecule has 0 aliphatic rings. The largest absolute Gasteiger partial charge is 0.482 e. The molecule has 5 nitrogen and oxygen atoms in total. The second kappa shape index (κ2) is 11.1. The number of hydrogen-bond donors (Lipinski definition) is 1. The van der Waals surface area contributed by atoms with Gasteiger partial charge in [-0.25, -0.2) is 0 Å². The zero-order chi connectivity index (χ0) is 23.2. The molecule has 0 bridgehead atoms. The van der Waals surface area contributed by atoms with Gasteiger partial charge in [0.25, 0.3) is 5.91 Å². The molecule has 0 fully saturated rings. The summed E-state index contributed by atoms with van der Waals surface area (Å²) in [6.45, 7) is 7.39. The average Bonchev–Trinajstić information content (AvgIpc) is 2.67. The topological polar surface area (TPSA) is 58.6 Å². The molecule has 31 heavy (non-hydrogen) atoms. The number of nitrogens with one attached hydrogen (secondary N) is 1. The number of benzene rings is 2. The van der Waals surface area contributed by atoms with Crippen LogP contribution < -0.4 is 10.1 Å². The van der Waals surface area contributed by atoms with E-state index in [1.54, 1.807) is 42.5 Å². The number of rotatable bonds is 8. The van der Waals surface area contributed by atoms with E-state index in [9.17, 15) is 9.59 Å². The van der Waals surface area contributed by atoms with Crippen LogP contribution in [-0.4, -0.2) is 34.9 Å². The van der Waals surface area contributed by atoms with Crippen molar-refractivity contribution in [3.63, 3.8) is 0 Å². The highest BCUT2D eigenvalue weighted by Gasteiger charge is 2.31. The minimum atomic E-state index is -0.701. The number of para-hydroxylation sites is 1. The van der Waals surface area contributed by atoms with E-state index >= 15 is 0 Å². The summed E-state index contributed by atoms with van der Waals surface area (Å²) in [5, 5.41) is 4.26. The molecule has 0 radical (unpaired) electrons. The smallest absolute Gasteiger partial charge is 0.261 e. The van der Waals surface area contributed by atoms with Crippen molar-refractivity contribution in [3.05, 3.63) is 63.1 Å². The van der Waals surface area contributed by atoms with E-state index in [4.69, 9.17) is 39.5 Å². The molecule has 0 aliphatic heterocycles. The maximum absolute atomic E-state index is 13.2. The van der Waals surface area contributed by atoms with Gasteiger partial charge < -0.3 is 15.0 Å². The van der Waals surface area contributed by atoms with Crippen LogP contribution in [0.15, 0.2) is 42.5 Å². The summed E-state index contributed by atoms with van der Waals surface area (Å²) in [6.07, 6.45) is 0.422. The summed E-state index contributed by atoms with van der Waals surface area (Å²) < 4.78 is 5.63. The number of ether oxygens (including phenoxy) is 1. The summed E-state index contributed by atoms with van der Waals surface area (Å²) >= 11 is 18.5. The molecule has 0 saturated carbocycles. The Morgan fingerprint density at radius 1 is 1.06 bits per heavy atom. The van der Waals surface area contributed by atoms with Crippen LogP contribution in [0.5, 0.6) is 5.75 Å². The maximum atomic E-state index is 13.2. The predicted octanol–water partition coefficient (Wildman–Crippen LogP) is 5.75. The zero-order valence-corrected chi connectivity index (χ0v) is 20.3. The van der Waals surface area contributed by atoms with Gasteiger partial charge in [-0.05, 0) is 57.0 Å². The normalized spacial score (nSPS) is 12.2. The fraction of sp³-hybridized carbons (Fsp3) is 0.391. The molecule has 0 aromatic heterocycles. The third-order valence-corrected chi connectivity index (χ3v) is 5.33. The molecule has 8 heteroatoms. The van der Waals surface area contributed by atoms with E-state index in [2.05, 4.69) is 5.32 Å². The number of nitrogens with zero attached hydrogens (tertiary/aromatic N) is 1. The van der Waals surface area contributed by atoms with E-state index < -0.39 is 11.6 Å². The molecule has 2 aromatic rings. The van der Waals surface area contributed by atoms with Crippen molar-refractivity contribution in [1.82, 2.24) is 10.2 Å². The van der Waals surface area contributed by atoms with Gasteiger partial charge in [0.2, 0.25) is 5.91 Å². The Morgan fingerprint density at radius 2 is 1.74 bits per heavy atom. The Balaban J connectivity index is 2.29. The number of carbonyl (C=O) groups is 2. The lowest BCUT2D eigenvalue weighted by molar-refractivity contribution is -0.143. The number of hydrogen-bond acceptors (Lipinski definition) is 3. The van der Waals surface area contributed by atoms with Crippen LogP contribution in [0.1, 0.15) is 39.7 Å². The molecule has 1 N–H and O–H groups in total. The Labute approximate surface area is 198 Å². The Kier molecular flexibility index (Phi) is 9.04. The van der Waals surface area contributed by atoms with Crippen LogP contribution in [0.3, 0.4) is 0 Å². The van der Waals surface area contributed by atoms with Crippen molar-refractivity contribution in [2.24, 2.45) is 0 Å². The third kappa shape index (κ3) is 7.60. The first-order valence-electron chi connectivity index (χ1n) is 9.94. The fourth-order valence-electron chi connectivity index (χ4n) is 2.99. The van der Waals surface area contributed by atoms with Crippen LogP contribution in [-0.2, 0) is 16.1 Å². The van der Waals surface area contributed by atoms with Crippen molar-refractivity contribution in [2.75, 3.05) is 6.61 Å². The van der Waals surface area contributed by atoms with Gasteiger partial charge in [-0.3, -0.25) is 9.59 Å². The maximum Gasteiger partial charge on any atom is 0.261 e. The van der Waals surface area contributed by atoms with Crippen molar-refractivity contribution < 1.29 is 14.3 Å². The fourth-order valence-corrected chi connectivity index (χ4v) is 3.65. The first-order chi connectivity index (χ1) is 14.5. The van der Waals surface area contributed by atoms with Crippen LogP contribution in [0, 0.1) is 0 Å². The van der Waals surface area contributed by atoms with E-state index in [0.29, 0.717) is 32.8 Å². The van der Waals surface area contributed by atoms with Crippen LogP contribution >= 0.6 is 34.8 Å². The Hall–Kier alpha value is -1.95. The van der Waals surface area contributed by atoms with Gasteiger partial charge in [0.05, 0.1) is 5.02 Å². The molecule has 1 unspecified atom stereocenters. The summed E-state index contributed by atoms with van der Waals surface area (Å²) in [6, 6.07) is 11.2. The highest BCUT2D eigenvalue weighted by molar-refractivity contribution is 6.35. The van der Waals surface area contributed by atoms with Crippen LogP contribution in [0.25, 0.3) is 0 Å². The van der Waals surface area contributed by atoms with Gasteiger partial charge in [0.15, 0.2) is 6.61 Å². The molecular formula is C23H27Cl3N2O3. The summed E-state index contributed by atoms with van der Waals surface area (Å²) in [5.74, 6) is -0.206. The minimum Gasteiger partial charge on any atom is -0.482 e. The zero-order valence-electron chi connectivity index (χ0n) is 18.0. The second-order valence-corrected chi connectivity index (χ2v) is 9.39. The monoisotopic (exact) mass is 484 g/mol. The molecule has 0 spiro atoms. The first kappa shape index (κ1) is 25.3. The molecule has 0 aliphatic carbocycles. The van der Waals surface area contributed by atoms with Crippen LogP contribution in [0.2, 0.25) is 15.1 Å². The van der Waals surface area contributed by atoms with Gasteiger partial charge in [-0.15, -0.1) is 0 Å². The lowest BCUT2D eigenvalue weighted by Crippen LogP contribution is -2.54. The molecular weight excluding hydrogens is 459 g/mol.